The van der Waals surface area contributed by atoms with E-state index >= 15 is 0 Å². The summed E-state index contributed by atoms with van der Waals surface area (Å²) in [5.41, 5.74) is 4.83. The van der Waals surface area contributed by atoms with Gasteiger partial charge < -0.3 is 14.2 Å². The molecule has 0 bridgehead atoms. The first-order valence-electron chi connectivity index (χ1n) is 12.7. The number of hydrogen-bond donors (Lipinski definition) is 0. The van der Waals surface area contributed by atoms with Gasteiger partial charge in [0.2, 0.25) is 5.91 Å². The Labute approximate surface area is 201 Å². The standard InChI is InChI=1S/C29H34N2O3/c1-21(32)34-19-18-31-26-15-9-8-14-24(26)25-20-30(17-16-27(25)31)29(33)28(22-10-4-2-5-11-22)23-12-6-3-7-13-23/h2,4-5,8-11,14-15,23,28H,3,6-7,12-13,16-20H2,1H3. The van der Waals surface area contributed by atoms with Crippen molar-refractivity contribution >= 4 is 22.8 Å². The van der Waals surface area contributed by atoms with Crippen molar-refractivity contribution in [3.63, 3.8) is 0 Å². The summed E-state index contributed by atoms with van der Waals surface area (Å²) in [5, 5.41) is 1.20. The van der Waals surface area contributed by atoms with E-state index in [-0.39, 0.29) is 17.8 Å². The van der Waals surface area contributed by atoms with Gasteiger partial charge in [0.1, 0.15) is 6.61 Å². The molecule has 5 nitrogen and oxygen atoms in total. The molecular formula is C29H34N2O3. The van der Waals surface area contributed by atoms with Gasteiger partial charge in [-0.3, -0.25) is 9.59 Å². The molecule has 1 amide bonds. The highest BCUT2D eigenvalue weighted by atomic mass is 16.5. The van der Waals surface area contributed by atoms with Gasteiger partial charge in [-0.05, 0) is 30.4 Å². The van der Waals surface area contributed by atoms with Gasteiger partial charge in [0.05, 0.1) is 12.5 Å². The molecule has 5 heteroatoms. The first-order valence-corrected chi connectivity index (χ1v) is 12.7. The van der Waals surface area contributed by atoms with E-state index in [0.29, 0.717) is 25.6 Å². The molecule has 1 aromatic heterocycles. The number of rotatable bonds is 6. The fraction of sp³-hybridized carbons (Fsp3) is 0.448. The van der Waals surface area contributed by atoms with Crippen molar-refractivity contribution in [2.24, 2.45) is 5.92 Å². The van der Waals surface area contributed by atoms with Crippen LogP contribution < -0.4 is 0 Å². The van der Waals surface area contributed by atoms with Crippen molar-refractivity contribution in [3.8, 4) is 0 Å². The smallest absolute Gasteiger partial charge is 0.302 e. The molecule has 1 aliphatic carbocycles. The third-order valence-corrected chi connectivity index (χ3v) is 7.64. The fourth-order valence-corrected chi connectivity index (χ4v) is 6.07. The first kappa shape index (κ1) is 22.7. The molecule has 0 saturated heterocycles. The number of benzene rings is 2. The normalized spacial score (nSPS) is 17.4. The summed E-state index contributed by atoms with van der Waals surface area (Å²) >= 11 is 0. The van der Waals surface area contributed by atoms with Crippen molar-refractivity contribution in [1.82, 2.24) is 9.47 Å². The Morgan fingerprint density at radius 3 is 2.50 bits per heavy atom. The van der Waals surface area contributed by atoms with E-state index in [0.717, 1.165) is 36.9 Å². The van der Waals surface area contributed by atoms with Gasteiger partial charge in [-0.1, -0.05) is 67.8 Å². The number of carbonyl (C=O) groups excluding carboxylic acids is 2. The molecule has 5 rings (SSSR count). The second-order valence-electron chi connectivity index (χ2n) is 9.73. The number of hydrogen-bond acceptors (Lipinski definition) is 3. The number of aromatic nitrogens is 1. The lowest BCUT2D eigenvalue weighted by atomic mass is 9.76. The van der Waals surface area contributed by atoms with Crippen LogP contribution in [0.3, 0.4) is 0 Å². The summed E-state index contributed by atoms with van der Waals surface area (Å²) in [5.74, 6) is 0.396. The highest BCUT2D eigenvalue weighted by molar-refractivity contribution is 5.88. The molecule has 2 heterocycles. The highest BCUT2D eigenvalue weighted by Gasteiger charge is 2.36. The minimum atomic E-state index is -0.253. The summed E-state index contributed by atoms with van der Waals surface area (Å²) in [7, 11) is 0. The van der Waals surface area contributed by atoms with E-state index in [9.17, 15) is 9.59 Å². The quantitative estimate of drug-likeness (QED) is 0.461. The second-order valence-corrected chi connectivity index (χ2v) is 9.73. The van der Waals surface area contributed by atoms with Crippen molar-refractivity contribution < 1.29 is 14.3 Å². The van der Waals surface area contributed by atoms with E-state index < -0.39 is 0 Å². The summed E-state index contributed by atoms with van der Waals surface area (Å²) in [6.07, 6.45) is 6.83. The molecular weight excluding hydrogens is 424 g/mol. The maximum atomic E-state index is 14.1. The van der Waals surface area contributed by atoms with Crippen molar-refractivity contribution in [2.75, 3.05) is 13.2 Å². The van der Waals surface area contributed by atoms with Crippen LogP contribution in [0.5, 0.6) is 0 Å². The first-order chi connectivity index (χ1) is 16.6. The van der Waals surface area contributed by atoms with Gasteiger partial charge in [-0.2, -0.15) is 0 Å². The Morgan fingerprint density at radius 1 is 1.00 bits per heavy atom. The molecule has 1 unspecified atom stereocenters. The molecule has 0 N–H and O–H groups in total. The van der Waals surface area contributed by atoms with Crippen LogP contribution in [0.15, 0.2) is 54.6 Å². The van der Waals surface area contributed by atoms with Crippen LogP contribution in [0.1, 0.15) is 61.8 Å². The molecule has 0 spiro atoms. The zero-order valence-electron chi connectivity index (χ0n) is 20.0. The Kier molecular flexibility index (Phi) is 6.70. The predicted octanol–water partition coefficient (Wildman–Crippen LogP) is 5.45. The minimum Gasteiger partial charge on any atom is -0.464 e. The summed E-state index contributed by atoms with van der Waals surface area (Å²) in [4.78, 5) is 27.4. The van der Waals surface area contributed by atoms with E-state index in [2.05, 4.69) is 51.9 Å². The third-order valence-electron chi connectivity index (χ3n) is 7.64. The SMILES string of the molecule is CC(=O)OCCn1c2c(c3ccccc31)CN(C(=O)C(c1ccccc1)C1CCCCC1)CC2. The number of fused-ring (bicyclic) bond motifs is 3. The van der Waals surface area contributed by atoms with Crippen LogP contribution >= 0.6 is 0 Å². The predicted molar refractivity (Wildman–Crippen MR) is 133 cm³/mol. The Balaban J connectivity index is 1.44. The van der Waals surface area contributed by atoms with Crippen molar-refractivity contribution in [3.05, 3.63) is 71.4 Å². The van der Waals surface area contributed by atoms with Gasteiger partial charge in [-0.15, -0.1) is 0 Å². The van der Waals surface area contributed by atoms with Gasteiger partial charge >= 0.3 is 5.97 Å². The van der Waals surface area contributed by atoms with Crippen LogP contribution in [0, 0.1) is 5.92 Å². The van der Waals surface area contributed by atoms with Crippen LogP contribution in [0.4, 0.5) is 0 Å². The van der Waals surface area contributed by atoms with E-state index in [1.165, 1.54) is 42.8 Å². The van der Waals surface area contributed by atoms with Crippen molar-refractivity contribution in [2.45, 2.75) is 64.5 Å². The number of esters is 1. The number of para-hydroxylation sites is 1. The maximum Gasteiger partial charge on any atom is 0.302 e. The van der Waals surface area contributed by atoms with Crippen LogP contribution in [0.25, 0.3) is 10.9 Å². The molecule has 1 atom stereocenters. The molecule has 3 aromatic rings. The van der Waals surface area contributed by atoms with Crippen LogP contribution in [0.2, 0.25) is 0 Å². The summed E-state index contributed by atoms with van der Waals surface area (Å²) in [6.45, 7) is 3.82. The Morgan fingerprint density at radius 2 is 1.74 bits per heavy atom. The lowest BCUT2D eigenvalue weighted by Crippen LogP contribution is -2.41. The van der Waals surface area contributed by atoms with Gasteiger partial charge in [0, 0.05) is 48.6 Å². The number of carbonyl (C=O) groups is 2. The van der Waals surface area contributed by atoms with E-state index in [1.54, 1.807) is 0 Å². The summed E-state index contributed by atoms with van der Waals surface area (Å²) in [6, 6.07) is 18.8. The lowest BCUT2D eigenvalue weighted by Gasteiger charge is -2.36. The molecule has 1 aliphatic heterocycles. The zero-order chi connectivity index (χ0) is 23.5. The topological polar surface area (TPSA) is 51.5 Å². The number of amides is 1. The molecule has 2 aliphatic rings. The summed E-state index contributed by atoms with van der Waals surface area (Å²) < 4.78 is 7.52. The van der Waals surface area contributed by atoms with Crippen molar-refractivity contribution in [1.29, 1.82) is 0 Å². The molecule has 2 aromatic carbocycles. The average molecular weight is 459 g/mol. The Bertz CT molecular complexity index is 1160. The van der Waals surface area contributed by atoms with Crippen LogP contribution in [-0.2, 0) is 33.8 Å². The van der Waals surface area contributed by atoms with Crippen LogP contribution in [-0.4, -0.2) is 34.5 Å². The number of ether oxygens (including phenoxy) is 1. The maximum absolute atomic E-state index is 14.1. The third kappa shape index (κ3) is 4.48. The van der Waals surface area contributed by atoms with Gasteiger partial charge in [0.25, 0.3) is 0 Å². The molecule has 0 radical (unpaired) electrons. The monoisotopic (exact) mass is 458 g/mol. The molecule has 178 valence electrons. The highest BCUT2D eigenvalue weighted by Crippen LogP contribution is 2.39. The lowest BCUT2D eigenvalue weighted by molar-refractivity contribution is -0.141. The molecule has 1 saturated carbocycles. The number of nitrogens with zero attached hydrogens (tertiary/aromatic N) is 2. The molecule has 1 fully saturated rings. The minimum absolute atomic E-state index is 0.0552. The van der Waals surface area contributed by atoms with E-state index in [1.807, 2.05) is 12.1 Å². The van der Waals surface area contributed by atoms with Gasteiger partial charge in [-0.25, -0.2) is 0 Å². The fourth-order valence-electron chi connectivity index (χ4n) is 6.07. The van der Waals surface area contributed by atoms with Gasteiger partial charge in [0.15, 0.2) is 0 Å². The zero-order valence-corrected chi connectivity index (χ0v) is 20.0. The second kappa shape index (κ2) is 10.0. The Hall–Kier alpha value is -3.08. The largest absolute Gasteiger partial charge is 0.464 e. The molecule has 34 heavy (non-hydrogen) atoms. The average Bonchev–Trinajstić information content (AvgIpc) is 3.18. The van der Waals surface area contributed by atoms with E-state index in [4.69, 9.17) is 4.74 Å².